The van der Waals surface area contributed by atoms with E-state index in [1.807, 2.05) is 34.0 Å². The number of hydrogen-bond acceptors (Lipinski definition) is 3. The third-order valence-electron chi connectivity index (χ3n) is 11.0. The van der Waals surface area contributed by atoms with E-state index >= 15 is 0 Å². The van der Waals surface area contributed by atoms with Crippen molar-refractivity contribution in [1.29, 1.82) is 0 Å². The van der Waals surface area contributed by atoms with E-state index in [0.717, 1.165) is 0 Å². The number of hydrogen-bond donors (Lipinski definition) is 0. The minimum Gasteiger partial charge on any atom is -0.309 e. The summed E-state index contributed by atoms with van der Waals surface area (Å²) in [6.45, 7) is 0. The molecular weight excluding hydrogens is 701 g/mol. The second-order valence-electron chi connectivity index (χ2n) is 13.8. The van der Waals surface area contributed by atoms with E-state index in [2.05, 4.69) is 177 Å². The molecule has 0 unspecified atom stereocenters. The van der Waals surface area contributed by atoms with E-state index in [9.17, 15) is 0 Å². The molecule has 0 amide bonds. The minimum absolute atomic E-state index is 1.17. The Kier molecular flexibility index (Phi) is 6.28. The third-order valence-corrected chi connectivity index (χ3v) is 13.8. The highest BCUT2D eigenvalue weighted by molar-refractivity contribution is 7.18. The standard InChI is InChI=1S/C48H28N2S3/c1-5-13-41-32(9-1)36-23-29(39-26-51-46-15-7-3-11-34(39)46)17-20-43(36)49(41)31-19-22-48-38(25-31)45(28-53-48)50-42-14-6-2-10-33(42)37-24-30(18-21-44(37)50)40-27-52-47-16-8-4-12-35(40)47/h1-28H. The predicted octanol–water partition coefficient (Wildman–Crippen LogP) is 14.9. The molecule has 0 bridgehead atoms. The highest BCUT2D eigenvalue weighted by Crippen LogP contribution is 2.43. The Hall–Kier alpha value is -5.98. The van der Waals surface area contributed by atoms with Crippen molar-refractivity contribution in [3.63, 3.8) is 0 Å². The van der Waals surface area contributed by atoms with Crippen LogP contribution in [0.3, 0.4) is 0 Å². The molecule has 5 heterocycles. The molecule has 0 saturated heterocycles. The molecule has 0 atom stereocenters. The molecule has 2 nitrogen and oxygen atoms in total. The van der Waals surface area contributed by atoms with Gasteiger partial charge in [0, 0.05) is 74.0 Å². The van der Waals surface area contributed by atoms with Gasteiger partial charge in [-0.25, -0.2) is 0 Å². The van der Waals surface area contributed by atoms with Crippen molar-refractivity contribution in [2.75, 3.05) is 0 Å². The summed E-state index contributed by atoms with van der Waals surface area (Å²) in [5.74, 6) is 0. The lowest BCUT2D eigenvalue weighted by Crippen LogP contribution is -1.95. The Morgan fingerprint density at radius 2 is 0.792 bits per heavy atom. The van der Waals surface area contributed by atoms with Crippen LogP contribution in [-0.4, -0.2) is 9.13 Å². The maximum Gasteiger partial charge on any atom is 0.0648 e. The molecule has 0 aliphatic carbocycles. The maximum absolute atomic E-state index is 2.48. The summed E-state index contributed by atoms with van der Waals surface area (Å²) in [6, 6.07) is 56.2. The first-order valence-corrected chi connectivity index (χ1v) is 20.4. The van der Waals surface area contributed by atoms with Crippen LogP contribution in [0.2, 0.25) is 0 Å². The van der Waals surface area contributed by atoms with Crippen molar-refractivity contribution in [2.45, 2.75) is 0 Å². The van der Waals surface area contributed by atoms with Gasteiger partial charge >= 0.3 is 0 Å². The number of para-hydroxylation sites is 2. The molecule has 248 valence electrons. The number of benzene rings is 7. The Bertz CT molecular complexity index is 3420. The molecule has 12 rings (SSSR count). The molecule has 0 radical (unpaired) electrons. The SMILES string of the molecule is c1ccc2c(-c3ccc4c(c3)c3ccccc3n4-c3ccc4scc(-n5c6ccccc6c6cc(-c7csc8ccccc78)ccc65)c4c3)csc2c1. The quantitative estimate of drug-likeness (QED) is 0.171. The van der Waals surface area contributed by atoms with Crippen LogP contribution in [-0.2, 0) is 0 Å². The summed E-state index contributed by atoms with van der Waals surface area (Å²) >= 11 is 5.45. The molecular formula is C48H28N2S3. The summed E-state index contributed by atoms with van der Waals surface area (Å²) < 4.78 is 8.86. The largest absolute Gasteiger partial charge is 0.309 e. The monoisotopic (exact) mass is 728 g/mol. The topological polar surface area (TPSA) is 9.86 Å². The van der Waals surface area contributed by atoms with Crippen LogP contribution in [0.4, 0.5) is 0 Å². The molecule has 0 aliphatic rings. The van der Waals surface area contributed by atoms with Gasteiger partial charge in [0.15, 0.2) is 0 Å². The lowest BCUT2D eigenvalue weighted by Gasteiger charge is -2.11. The highest BCUT2D eigenvalue weighted by Gasteiger charge is 2.19. The number of thiophene rings is 3. The Morgan fingerprint density at radius 1 is 0.321 bits per heavy atom. The number of nitrogens with zero attached hydrogens (tertiary/aromatic N) is 2. The van der Waals surface area contributed by atoms with Gasteiger partial charge < -0.3 is 9.13 Å². The van der Waals surface area contributed by atoms with E-state index in [0.29, 0.717) is 0 Å². The van der Waals surface area contributed by atoms with E-state index in [1.54, 1.807) is 0 Å². The van der Waals surface area contributed by atoms with E-state index in [1.165, 1.54) is 107 Å². The number of rotatable bonds is 4. The van der Waals surface area contributed by atoms with Crippen LogP contribution >= 0.6 is 34.0 Å². The van der Waals surface area contributed by atoms with Crippen LogP contribution in [0.25, 0.3) is 107 Å². The molecule has 0 saturated carbocycles. The average Bonchev–Trinajstić information content (AvgIpc) is 4.04. The van der Waals surface area contributed by atoms with E-state index < -0.39 is 0 Å². The van der Waals surface area contributed by atoms with Crippen molar-refractivity contribution in [3.8, 4) is 33.6 Å². The van der Waals surface area contributed by atoms with Gasteiger partial charge in [0.25, 0.3) is 0 Å². The van der Waals surface area contributed by atoms with Gasteiger partial charge in [0.05, 0.1) is 27.8 Å². The first kappa shape index (κ1) is 29.6. The zero-order chi connectivity index (χ0) is 34.6. The predicted molar refractivity (Wildman–Crippen MR) is 232 cm³/mol. The zero-order valence-electron chi connectivity index (χ0n) is 28.3. The fraction of sp³-hybridized carbons (Fsp3) is 0. The minimum atomic E-state index is 1.17. The maximum atomic E-state index is 2.48. The number of aromatic nitrogens is 2. The second kappa shape index (κ2) is 11.3. The molecule has 0 aliphatic heterocycles. The molecule has 0 N–H and O–H groups in total. The van der Waals surface area contributed by atoms with Crippen molar-refractivity contribution in [1.82, 2.24) is 9.13 Å². The number of fused-ring (bicyclic) bond motifs is 9. The molecule has 5 heteroatoms. The molecule has 0 spiro atoms. The lowest BCUT2D eigenvalue weighted by atomic mass is 10.0. The first-order valence-electron chi connectivity index (χ1n) is 17.8. The van der Waals surface area contributed by atoms with Gasteiger partial charge in [-0.05, 0) is 88.6 Å². The lowest BCUT2D eigenvalue weighted by molar-refractivity contribution is 1.18. The fourth-order valence-electron chi connectivity index (χ4n) is 8.54. The van der Waals surface area contributed by atoms with Gasteiger partial charge in [0.2, 0.25) is 0 Å². The summed E-state index contributed by atoms with van der Waals surface area (Å²) in [7, 11) is 0. The fourth-order valence-corrected chi connectivity index (χ4v) is 11.4. The summed E-state index contributed by atoms with van der Waals surface area (Å²) in [5, 5.41) is 15.9. The van der Waals surface area contributed by atoms with E-state index in [4.69, 9.17) is 0 Å². The van der Waals surface area contributed by atoms with Crippen molar-refractivity contribution >= 4 is 108 Å². The van der Waals surface area contributed by atoms with Crippen molar-refractivity contribution < 1.29 is 0 Å². The van der Waals surface area contributed by atoms with Gasteiger partial charge in [-0.2, -0.15) is 0 Å². The van der Waals surface area contributed by atoms with Gasteiger partial charge in [-0.1, -0.05) is 84.9 Å². The Labute approximate surface area is 316 Å². The zero-order valence-corrected chi connectivity index (χ0v) is 30.7. The normalized spacial score (nSPS) is 12.2. The van der Waals surface area contributed by atoms with Gasteiger partial charge in [0.1, 0.15) is 0 Å². The average molecular weight is 729 g/mol. The molecule has 12 aromatic rings. The van der Waals surface area contributed by atoms with Crippen LogP contribution in [0.1, 0.15) is 0 Å². The van der Waals surface area contributed by atoms with Crippen LogP contribution < -0.4 is 0 Å². The van der Waals surface area contributed by atoms with Crippen LogP contribution in [0.15, 0.2) is 168 Å². The first-order chi connectivity index (χ1) is 26.3. The Morgan fingerprint density at radius 3 is 1.42 bits per heavy atom. The van der Waals surface area contributed by atoms with Gasteiger partial charge in [-0.3, -0.25) is 0 Å². The molecule has 5 aromatic heterocycles. The van der Waals surface area contributed by atoms with Gasteiger partial charge in [-0.15, -0.1) is 34.0 Å². The van der Waals surface area contributed by atoms with Crippen molar-refractivity contribution in [3.05, 3.63) is 168 Å². The smallest absolute Gasteiger partial charge is 0.0648 e. The Balaban J connectivity index is 1.05. The molecule has 53 heavy (non-hydrogen) atoms. The molecule has 7 aromatic carbocycles. The second-order valence-corrected chi connectivity index (χ2v) is 16.5. The third kappa shape index (κ3) is 4.30. The highest BCUT2D eigenvalue weighted by atomic mass is 32.1. The van der Waals surface area contributed by atoms with Crippen molar-refractivity contribution in [2.24, 2.45) is 0 Å². The summed E-state index contributed by atoms with van der Waals surface area (Å²) in [4.78, 5) is 0. The van der Waals surface area contributed by atoms with Crippen LogP contribution in [0, 0.1) is 0 Å². The van der Waals surface area contributed by atoms with Crippen LogP contribution in [0.5, 0.6) is 0 Å². The summed E-state index contributed by atoms with van der Waals surface area (Å²) in [5.41, 5.74) is 12.4. The summed E-state index contributed by atoms with van der Waals surface area (Å²) in [6.07, 6.45) is 0. The van der Waals surface area contributed by atoms with E-state index in [-0.39, 0.29) is 0 Å². The molecule has 0 fully saturated rings.